The van der Waals surface area contributed by atoms with Gasteiger partial charge in [-0.05, 0) is 12.5 Å². The monoisotopic (exact) mass is 367 g/mol. The summed E-state index contributed by atoms with van der Waals surface area (Å²) in [6.07, 6.45) is -0.142. The summed E-state index contributed by atoms with van der Waals surface area (Å²) in [5, 5.41) is 15.7. The third kappa shape index (κ3) is 4.93. The van der Waals surface area contributed by atoms with E-state index in [9.17, 15) is 14.7 Å². The molecule has 2 fully saturated rings. The lowest BCUT2D eigenvalue weighted by Gasteiger charge is -2.18. The molecule has 3 atom stereocenters. The number of aliphatic hydroxyl groups excluding tert-OH is 1. The first-order chi connectivity index (χ1) is 11.5. The minimum atomic E-state index is -0.409. The molecule has 2 heterocycles. The van der Waals surface area contributed by atoms with Crippen molar-refractivity contribution in [2.75, 3.05) is 26.2 Å². The van der Waals surface area contributed by atoms with Gasteiger partial charge in [-0.3, -0.25) is 9.59 Å². The molecule has 0 bridgehead atoms. The predicted octanol–water partition coefficient (Wildman–Crippen LogP) is 0.462. The molecule has 0 aromatic heterocycles. The normalized spacial score (nSPS) is 25.8. The number of amides is 2. The molecule has 0 aliphatic carbocycles. The van der Waals surface area contributed by atoms with Gasteiger partial charge in [-0.2, -0.15) is 0 Å². The summed E-state index contributed by atoms with van der Waals surface area (Å²) < 4.78 is 0. The van der Waals surface area contributed by atoms with Crippen LogP contribution < -0.4 is 10.6 Å². The molecular weight excluding hydrogens is 342 g/mol. The van der Waals surface area contributed by atoms with Crippen LogP contribution in [0.25, 0.3) is 0 Å². The molecule has 2 saturated heterocycles. The summed E-state index contributed by atoms with van der Waals surface area (Å²) in [7, 11) is 0. The summed E-state index contributed by atoms with van der Waals surface area (Å²) >= 11 is 0. The van der Waals surface area contributed by atoms with Crippen LogP contribution in [-0.4, -0.2) is 54.1 Å². The highest BCUT2D eigenvalue weighted by Crippen LogP contribution is 2.21. The molecule has 2 aliphatic heterocycles. The fraction of sp³-hybridized carbons (Fsp3) is 0.556. The number of nitrogens with one attached hydrogen (secondary N) is 2. The van der Waals surface area contributed by atoms with Gasteiger partial charge >= 0.3 is 0 Å². The third-order valence-corrected chi connectivity index (χ3v) is 4.92. The maximum absolute atomic E-state index is 12.3. The minimum Gasteiger partial charge on any atom is -0.391 e. The average Bonchev–Trinajstić information content (AvgIpc) is 3.13. The predicted molar refractivity (Wildman–Crippen MR) is 97.3 cm³/mol. The molecule has 6 nitrogen and oxygen atoms in total. The van der Waals surface area contributed by atoms with Crippen molar-refractivity contribution in [1.82, 2.24) is 15.5 Å². The Bertz CT molecular complexity index is 608. The van der Waals surface area contributed by atoms with Gasteiger partial charge in [0.2, 0.25) is 11.8 Å². The molecule has 1 aromatic rings. The van der Waals surface area contributed by atoms with Gasteiger partial charge < -0.3 is 20.6 Å². The van der Waals surface area contributed by atoms with E-state index >= 15 is 0 Å². The van der Waals surface area contributed by atoms with Crippen LogP contribution in [0.5, 0.6) is 0 Å². The number of hydrogen-bond acceptors (Lipinski definition) is 4. The van der Waals surface area contributed by atoms with Crippen LogP contribution in [0.15, 0.2) is 24.3 Å². The number of benzene rings is 1. The van der Waals surface area contributed by atoms with Crippen molar-refractivity contribution in [3.8, 4) is 0 Å². The summed E-state index contributed by atoms with van der Waals surface area (Å²) in [5.74, 6) is -0.309. The molecule has 0 spiro atoms. The first kappa shape index (κ1) is 19.7. The number of halogens is 1. The van der Waals surface area contributed by atoms with Crippen molar-refractivity contribution in [1.29, 1.82) is 0 Å². The second-order valence-corrected chi connectivity index (χ2v) is 6.89. The molecular formula is C18H26ClN3O3. The van der Waals surface area contributed by atoms with Gasteiger partial charge in [-0.15, -0.1) is 12.4 Å². The van der Waals surface area contributed by atoms with E-state index in [0.29, 0.717) is 32.7 Å². The van der Waals surface area contributed by atoms with Gasteiger partial charge in [0.25, 0.3) is 0 Å². The summed E-state index contributed by atoms with van der Waals surface area (Å²) in [5.41, 5.74) is 2.27. The second-order valence-electron chi connectivity index (χ2n) is 6.89. The molecule has 138 valence electrons. The van der Waals surface area contributed by atoms with E-state index in [0.717, 1.165) is 5.56 Å². The highest BCUT2D eigenvalue weighted by atomic mass is 35.5. The lowest BCUT2D eigenvalue weighted by molar-refractivity contribution is -0.129. The molecule has 25 heavy (non-hydrogen) atoms. The zero-order valence-electron chi connectivity index (χ0n) is 14.4. The van der Waals surface area contributed by atoms with E-state index in [-0.39, 0.29) is 42.5 Å². The molecule has 7 heteroatoms. The van der Waals surface area contributed by atoms with E-state index in [4.69, 9.17) is 0 Å². The fourth-order valence-corrected chi connectivity index (χ4v) is 3.32. The zero-order chi connectivity index (χ0) is 17.1. The Hall–Kier alpha value is -1.63. The molecule has 0 radical (unpaired) electrons. The quantitative estimate of drug-likeness (QED) is 0.706. The third-order valence-electron chi connectivity index (χ3n) is 4.92. The van der Waals surface area contributed by atoms with Crippen LogP contribution in [0, 0.1) is 18.8 Å². The average molecular weight is 368 g/mol. The Labute approximate surface area is 154 Å². The molecule has 3 rings (SSSR count). The summed E-state index contributed by atoms with van der Waals surface area (Å²) in [6.45, 7) is 4.78. The maximum atomic E-state index is 12.3. The van der Waals surface area contributed by atoms with E-state index in [1.54, 1.807) is 4.90 Å². The number of hydrogen-bond donors (Lipinski definition) is 3. The molecule has 2 aliphatic rings. The van der Waals surface area contributed by atoms with Crippen LogP contribution in [0.3, 0.4) is 0 Å². The van der Waals surface area contributed by atoms with Crippen molar-refractivity contribution >= 4 is 24.2 Å². The maximum Gasteiger partial charge on any atom is 0.225 e. The first-order valence-electron chi connectivity index (χ1n) is 8.52. The van der Waals surface area contributed by atoms with E-state index in [1.165, 1.54) is 5.56 Å². The number of carbonyl (C=O) groups is 2. The first-order valence-corrected chi connectivity index (χ1v) is 8.52. The Kier molecular flexibility index (Phi) is 6.81. The molecule has 1 aromatic carbocycles. The van der Waals surface area contributed by atoms with Crippen molar-refractivity contribution in [2.24, 2.45) is 11.8 Å². The van der Waals surface area contributed by atoms with Gasteiger partial charge in [0.1, 0.15) is 0 Å². The smallest absolute Gasteiger partial charge is 0.225 e. The Morgan fingerprint density at radius 3 is 2.68 bits per heavy atom. The van der Waals surface area contributed by atoms with E-state index < -0.39 is 6.10 Å². The van der Waals surface area contributed by atoms with Gasteiger partial charge in [-0.1, -0.05) is 29.8 Å². The van der Waals surface area contributed by atoms with Gasteiger partial charge in [0, 0.05) is 45.1 Å². The van der Waals surface area contributed by atoms with Crippen LogP contribution in [0.2, 0.25) is 0 Å². The lowest BCUT2D eigenvalue weighted by atomic mass is 10.0. The van der Waals surface area contributed by atoms with Gasteiger partial charge in [0.15, 0.2) is 0 Å². The standard InChI is InChI=1S/C18H25N3O3.ClH/c1-12-2-4-13(5-3-12)10-21-11-14(6-17(21)23)18(24)20-8-15-7-19-9-16(15)22;/h2-5,14-16,19,22H,6-11H2,1H3,(H,20,24);1H. The molecule has 3 unspecified atom stereocenters. The minimum absolute atomic E-state index is 0. The van der Waals surface area contributed by atoms with Crippen molar-refractivity contribution < 1.29 is 14.7 Å². The van der Waals surface area contributed by atoms with Crippen LogP contribution in [0.1, 0.15) is 17.5 Å². The van der Waals surface area contributed by atoms with E-state index in [1.807, 2.05) is 31.2 Å². The molecule has 3 N–H and O–H groups in total. The largest absolute Gasteiger partial charge is 0.391 e. The fourth-order valence-electron chi connectivity index (χ4n) is 3.32. The van der Waals surface area contributed by atoms with Crippen molar-refractivity contribution in [3.05, 3.63) is 35.4 Å². The number of rotatable bonds is 5. The van der Waals surface area contributed by atoms with Crippen molar-refractivity contribution in [3.63, 3.8) is 0 Å². The van der Waals surface area contributed by atoms with Crippen molar-refractivity contribution in [2.45, 2.75) is 26.0 Å². The van der Waals surface area contributed by atoms with E-state index in [2.05, 4.69) is 10.6 Å². The molecule has 0 saturated carbocycles. The SMILES string of the molecule is Cc1ccc(CN2CC(C(=O)NCC3CNCC3O)CC2=O)cc1.Cl. The van der Waals surface area contributed by atoms with Gasteiger partial charge in [-0.25, -0.2) is 0 Å². The number of aliphatic hydroxyl groups is 1. The lowest BCUT2D eigenvalue weighted by Crippen LogP contribution is -2.38. The zero-order valence-corrected chi connectivity index (χ0v) is 15.2. The highest BCUT2D eigenvalue weighted by molar-refractivity contribution is 5.89. The topological polar surface area (TPSA) is 81.7 Å². The Morgan fingerprint density at radius 2 is 2.04 bits per heavy atom. The Morgan fingerprint density at radius 1 is 1.32 bits per heavy atom. The summed E-state index contributed by atoms with van der Waals surface area (Å²) in [6, 6.07) is 8.09. The number of likely N-dealkylation sites (tertiary alicyclic amines) is 1. The summed E-state index contributed by atoms with van der Waals surface area (Å²) in [4.78, 5) is 26.2. The number of nitrogens with zero attached hydrogens (tertiary/aromatic N) is 1. The molecule has 2 amide bonds. The number of β-amino-alcohol motifs (C(OH)–C–C–N with tert-alkyl or cyclic N) is 1. The van der Waals surface area contributed by atoms with Crippen LogP contribution in [0.4, 0.5) is 0 Å². The number of carbonyl (C=O) groups excluding carboxylic acids is 2. The van der Waals surface area contributed by atoms with Crippen LogP contribution >= 0.6 is 12.4 Å². The van der Waals surface area contributed by atoms with Gasteiger partial charge in [0.05, 0.1) is 12.0 Å². The Balaban J connectivity index is 0.00000225. The number of aryl methyl sites for hydroxylation is 1. The second kappa shape index (κ2) is 8.65. The highest BCUT2D eigenvalue weighted by Gasteiger charge is 2.35. The van der Waals surface area contributed by atoms with Crippen LogP contribution in [-0.2, 0) is 16.1 Å².